The van der Waals surface area contributed by atoms with Crippen molar-refractivity contribution in [3.8, 4) is 11.3 Å². The number of aromatic amines is 1. The fourth-order valence-electron chi connectivity index (χ4n) is 1.88. The molecule has 3 aromatic rings. The summed E-state index contributed by atoms with van der Waals surface area (Å²) in [5.74, 6) is -0.659. The smallest absolute Gasteiger partial charge is 0.260 e. The predicted octanol–water partition coefficient (Wildman–Crippen LogP) is 4.26. The van der Waals surface area contributed by atoms with Gasteiger partial charge in [-0.25, -0.2) is 9.37 Å². The number of amides is 1. The van der Waals surface area contributed by atoms with E-state index in [1.807, 2.05) is 0 Å². The van der Waals surface area contributed by atoms with E-state index in [-0.39, 0.29) is 11.7 Å². The maximum atomic E-state index is 13.2. The van der Waals surface area contributed by atoms with Gasteiger partial charge in [-0.2, -0.15) is 0 Å². The van der Waals surface area contributed by atoms with Crippen LogP contribution in [0.2, 0.25) is 0 Å². The van der Waals surface area contributed by atoms with Gasteiger partial charge in [-0.1, -0.05) is 24.4 Å². The Hall–Kier alpha value is -2.38. The van der Waals surface area contributed by atoms with Gasteiger partial charge in [0.2, 0.25) is 0 Å². The summed E-state index contributed by atoms with van der Waals surface area (Å²) in [6, 6.07) is 9.48. The van der Waals surface area contributed by atoms with Crippen molar-refractivity contribution in [2.24, 2.45) is 0 Å². The van der Waals surface area contributed by atoms with E-state index in [4.69, 9.17) is 12.2 Å². The molecule has 0 aliphatic rings. The van der Waals surface area contributed by atoms with E-state index in [1.54, 1.807) is 35.8 Å². The second-order valence-corrected chi connectivity index (χ2v) is 5.68. The number of carbonyl (C=O) groups excluding carboxylic acids is 1. The normalized spacial score (nSPS) is 10.4. The Morgan fingerprint density at radius 3 is 2.95 bits per heavy atom. The standard InChI is InChI=1S/C15H10FN3OS2/c16-10-4-1-3-9(7-10)12-8-22-15(18-12)19-13(20)11-5-2-6-17-14(11)21/h1-8H,(H,17,21)(H,18,19,20). The molecule has 0 bridgehead atoms. The lowest BCUT2D eigenvalue weighted by Gasteiger charge is -2.01. The number of halogens is 1. The molecule has 1 aromatic carbocycles. The van der Waals surface area contributed by atoms with Crippen LogP contribution in [0.1, 0.15) is 10.4 Å². The summed E-state index contributed by atoms with van der Waals surface area (Å²) in [6.07, 6.45) is 1.66. The van der Waals surface area contributed by atoms with E-state index in [2.05, 4.69) is 15.3 Å². The Labute approximate surface area is 134 Å². The van der Waals surface area contributed by atoms with E-state index in [0.29, 0.717) is 26.6 Å². The summed E-state index contributed by atoms with van der Waals surface area (Å²) in [5, 5.41) is 4.88. The number of H-pyrrole nitrogens is 1. The molecule has 0 atom stereocenters. The largest absolute Gasteiger partial charge is 0.352 e. The van der Waals surface area contributed by atoms with Crippen LogP contribution in [-0.2, 0) is 0 Å². The molecular weight excluding hydrogens is 321 g/mol. The predicted molar refractivity (Wildman–Crippen MR) is 87.1 cm³/mol. The number of carbonyl (C=O) groups is 1. The summed E-state index contributed by atoms with van der Waals surface area (Å²) in [4.78, 5) is 19.2. The molecule has 4 nitrogen and oxygen atoms in total. The fourth-order valence-corrected chi connectivity index (χ4v) is 2.82. The van der Waals surface area contributed by atoms with E-state index >= 15 is 0 Å². The van der Waals surface area contributed by atoms with Crippen LogP contribution in [0.3, 0.4) is 0 Å². The third-order valence-electron chi connectivity index (χ3n) is 2.91. The van der Waals surface area contributed by atoms with Gasteiger partial charge >= 0.3 is 0 Å². The van der Waals surface area contributed by atoms with Gasteiger partial charge in [0.1, 0.15) is 10.5 Å². The Kier molecular flexibility index (Phi) is 4.08. The van der Waals surface area contributed by atoms with Crippen LogP contribution >= 0.6 is 23.6 Å². The molecule has 110 valence electrons. The van der Waals surface area contributed by atoms with Crippen molar-refractivity contribution in [2.75, 3.05) is 5.32 Å². The van der Waals surface area contributed by atoms with Crippen molar-refractivity contribution < 1.29 is 9.18 Å². The van der Waals surface area contributed by atoms with Crippen molar-refractivity contribution in [3.63, 3.8) is 0 Å². The zero-order valence-electron chi connectivity index (χ0n) is 11.2. The van der Waals surface area contributed by atoms with Crippen LogP contribution < -0.4 is 5.32 Å². The van der Waals surface area contributed by atoms with Crippen molar-refractivity contribution in [2.45, 2.75) is 0 Å². The molecule has 2 aromatic heterocycles. The Morgan fingerprint density at radius 1 is 1.32 bits per heavy atom. The lowest BCUT2D eigenvalue weighted by molar-refractivity contribution is 0.102. The lowest BCUT2D eigenvalue weighted by Crippen LogP contribution is -2.12. The fraction of sp³-hybridized carbons (Fsp3) is 0. The van der Waals surface area contributed by atoms with Gasteiger partial charge < -0.3 is 4.98 Å². The number of hydrogen-bond acceptors (Lipinski definition) is 4. The molecule has 22 heavy (non-hydrogen) atoms. The van der Waals surface area contributed by atoms with Crippen LogP contribution in [0.25, 0.3) is 11.3 Å². The maximum absolute atomic E-state index is 13.2. The third kappa shape index (κ3) is 3.10. The second-order valence-electron chi connectivity index (χ2n) is 4.42. The number of pyridine rings is 1. The third-order valence-corrected chi connectivity index (χ3v) is 4.00. The quantitative estimate of drug-likeness (QED) is 0.705. The molecule has 0 aliphatic heterocycles. The highest BCUT2D eigenvalue weighted by Gasteiger charge is 2.11. The van der Waals surface area contributed by atoms with E-state index in [1.165, 1.54) is 23.5 Å². The second kappa shape index (κ2) is 6.17. The maximum Gasteiger partial charge on any atom is 0.260 e. The minimum absolute atomic E-state index is 0.327. The number of thiazole rings is 1. The number of hydrogen-bond donors (Lipinski definition) is 2. The van der Waals surface area contributed by atoms with Crippen LogP contribution in [0.4, 0.5) is 9.52 Å². The van der Waals surface area contributed by atoms with Crippen LogP contribution in [-0.4, -0.2) is 15.9 Å². The van der Waals surface area contributed by atoms with Crippen molar-refractivity contribution in [3.05, 3.63) is 64.0 Å². The minimum atomic E-state index is -0.331. The molecular formula is C15H10FN3OS2. The molecule has 0 radical (unpaired) electrons. The number of nitrogens with zero attached hydrogens (tertiary/aromatic N) is 1. The van der Waals surface area contributed by atoms with Crippen molar-refractivity contribution >= 4 is 34.6 Å². The van der Waals surface area contributed by atoms with Crippen LogP contribution in [0.5, 0.6) is 0 Å². The first kappa shape index (κ1) is 14.6. The monoisotopic (exact) mass is 331 g/mol. The average molecular weight is 331 g/mol. The molecule has 7 heteroatoms. The highest BCUT2D eigenvalue weighted by molar-refractivity contribution is 7.71. The van der Waals surface area contributed by atoms with Gasteiger partial charge in [0.15, 0.2) is 5.13 Å². The number of anilines is 1. The van der Waals surface area contributed by atoms with E-state index in [9.17, 15) is 9.18 Å². The average Bonchev–Trinajstić information content (AvgIpc) is 2.96. The zero-order valence-corrected chi connectivity index (χ0v) is 12.8. The van der Waals surface area contributed by atoms with Gasteiger partial charge in [0.25, 0.3) is 5.91 Å². The molecule has 3 rings (SSSR count). The first-order chi connectivity index (χ1) is 10.6. The van der Waals surface area contributed by atoms with Crippen LogP contribution in [0, 0.1) is 10.5 Å². The first-order valence-corrected chi connectivity index (χ1v) is 7.63. The molecule has 0 spiro atoms. The van der Waals surface area contributed by atoms with Crippen molar-refractivity contribution in [1.82, 2.24) is 9.97 Å². The Balaban J connectivity index is 1.82. The van der Waals surface area contributed by atoms with Crippen LogP contribution in [0.15, 0.2) is 48.0 Å². The highest BCUT2D eigenvalue weighted by Crippen LogP contribution is 2.25. The summed E-state index contributed by atoms with van der Waals surface area (Å²) in [5.41, 5.74) is 1.65. The lowest BCUT2D eigenvalue weighted by atomic mass is 10.2. The van der Waals surface area contributed by atoms with Crippen molar-refractivity contribution in [1.29, 1.82) is 0 Å². The minimum Gasteiger partial charge on any atom is -0.352 e. The first-order valence-electron chi connectivity index (χ1n) is 6.34. The van der Waals surface area contributed by atoms with Gasteiger partial charge in [-0.15, -0.1) is 11.3 Å². The molecule has 0 saturated heterocycles. The van der Waals surface area contributed by atoms with E-state index in [0.717, 1.165) is 0 Å². The molecule has 0 aliphatic carbocycles. The SMILES string of the molecule is O=C(Nc1nc(-c2cccc(F)c2)cs1)c1ccc[nH]c1=S. The van der Waals surface area contributed by atoms with Gasteiger partial charge in [-0.05, 0) is 24.3 Å². The molecule has 2 N–H and O–H groups in total. The zero-order chi connectivity index (χ0) is 15.5. The van der Waals surface area contributed by atoms with E-state index < -0.39 is 0 Å². The Morgan fingerprint density at radius 2 is 2.18 bits per heavy atom. The summed E-state index contributed by atoms with van der Waals surface area (Å²) >= 11 is 6.33. The Bertz CT molecular complexity index is 888. The number of benzene rings is 1. The topological polar surface area (TPSA) is 57.8 Å². The highest BCUT2D eigenvalue weighted by atomic mass is 32.1. The molecule has 1 amide bonds. The summed E-state index contributed by atoms with van der Waals surface area (Å²) in [6.45, 7) is 0. The molecule has 0 fully saturated rings. The molecule has 0 unspecified atom stereocenters. The number of rotatable bonds is 3. The summed E-state index contributed by atoms with van der Waals surface area (Å²) < 4.78 is 13.6. The number of aromatic nitrogens is 2. The van der Waals surface area contributed by atoms with Gasteiger partial charge in [0, 0.05) is 17.1 Å². The molecule has 0 saturated carbocycles. The van der Waals surface area contributed by atoms with Gasteiger partial charge in [-0.3, -0.25) is 10.1 Å². The number of nitrogens with one attached hydrogen (secondary N) is 2. The molecule has 2 heterocycles. The van der Waals surface area contributed by atoms with Gasteiger partial charge in [0.05, 0.1) is 11.3 Å². The summed E-state index contributed by atoms with van der Waals surface area (Å²) in [7, 11) is 0.